The normalized spacial score (nSPS) is 16.6. The molecule has 5 rings (SSSR count). The first-order chi connectivity index (χ1) is 14.5. The van der Waals surface area contributed by atoms with E-state index >= 15 is 0 Å². The number of aromatic nitrogens is 1. The Morgan fingerprint density at radius 3 is 2.57 bits per heavy atom. The van der Waals surface area contributed by atoms with E-state index in [4.69, 9.17) is 4.74 Å². The number of para-hydroxylation sites is 1. The maximum Gasteiger partial charge on any atom is 0.257 e. The van der Waals surface area contributed by atoms with E-state index in [1.165, 1.54) is 28.2 Å². The summed E-state index contributed by atoms with van der Waals surface area (Å²) in [6.45, 7) is 5.75. The zero-order chi connectivity index (χ0) is 20.9. The molecule has 1 fully saturated rings. The molecule has 1 amide bonds. The Morgan fingerprint density at radius 1 is 1.03 bits per heavy atom. The minimum atomic E-state index is -0.157. The lowest BCUT2D eigenvalue weighted by Crippen LogP contribution is -2.51. The number of carbonyl (C=O) groups is 1. The SMILES string of the molecule is COc1ccccc1C(=O)N1CCC2(CC1)Nc1ccc(C)c(C)c1-n1cccc12. The number of anilines is 1. The molecule has 0 radical (unpaired) electrons. The van der Waals surface area contributed by atoms with E-state index in [9.17, 15) is 4.79 Å². The van der Waals surface area contributed by atoms with Crippen LogP contribution >= 0.6 is 0 Å². The maximum atomic E-state index is 13.1. The molecule has 1 N–H and O–H groups in total. The van der Waals surface area contributed by atoms with Crippen LogP contribution < -0.4 is 10.1 Å². The Hall–Kier alpha value is -3.21. The van der Waals surface area contributed by atoms with Gasteiger partial charge >= 0.3 is 0 Å². The number of aryl methyl sites for hydroxylation is 1. The lowest BCUT2D eigenvalue weighted by atomic mass is 9.81. The fraction of sp³-hybridized carbons (Fsp3) is 0.320. The fourth-order valence-corrected chi connectivity index (χ4v) is 4.96. The van der Waals surface area contributed by atoms with Gasteiger partial charge in [-0.2, -0.15) is 0 Å². The van der Waals surface area contributed by atoms with Gasteiger partial charge in [0.1, 0.15) is 5.75 Å². The summed E-state index contributed by atoms with van der Waals surface area (Å²) in [5, 5.41) is 3.86. The van der Waals surface area contributed by atoms with Crippen molar-refractivity contribution in [3.8, 4) is 11.4 Å². The van der Waals surface area contributed by atoms with Crippen molar-refractivity contribution in [1.29, 1.82) is 0 Å². The lowest BCUT2D eigenvalue weighted by Gasteiger charge is -2.46. The summed E-state index contributed by atoms with van der Waals surface area (Å²) >= 11 is 0. The monoisotopic (exact) mass is 401 g/mol. The number of hydrogen-bond acceptors (Lipinski definition) is 3. The smallest absolute Gasteiger partial charge is 0.257 e. The highest BCUT2D eigenvalue weighted by Crippen LogP contribution is 2.45. The van der Waals surface area contributed by atoms with Gasteiger partial charge in [-0.05, 0) is 68.1 Å². The van der Waals surface area contributed by atoms with Crippen LogP contribution in [0.5, 0.6) is 5.75 Å². The largest absolute Gasteiger partial charge is 0.496 e. The molecule has 0 saturated carbocycles. The summed E-state index contributed by atoms with van der Waals surface area (Å²) in [6, 6.07) is 16.2. The predicted octanol–water partition coefficient (Wildman–Crippen LogP) is 4.66. The summed E-state index contributed by atoms with van der Waals surface area (Å²) in [6.07, 6.45) is 3.89. The third-order valence-corrected chi connectivity index (χ3v) is 6.80. The number of amides is 1. The molecule has 3 heterocycles. The molecule has 0 aliphatic carbocycles. The number of ether oxygens (including phenoxy) is 1. The van der Waals surface area contributed by atoms with Crippen molar-refractivity contribution >= 4 is 11.6 Å². The Balaban J connectivity index is 1.44. The van der Waals surface area contributed by atoms with E-state index in [0.29, 0.717) is 24.4 Å². The molecule has 30 heavy (non-hydrogen) atoms. The van der Waals surface area contributed by atoms with E-state index in [1.807, 2.05) is 29.2 Å². The van der Waals surface area contributed by atoms with E-state index in [1.54, 1.807) is 7.11 Å². The average molecular weight is 402 g/mol. The summed E-state index contributed by atoms with van der Waals surface area (Å²) in [5.74, 6) is 0.674. The van der Waals surface area contributed by atoms with Crippen molar-refractivity contribution in [3.05, 3.63) is 77.1 Å². The molecule has 2 aliphatic rings. The Kier molecular flexibility index (Phi) is 4.35. The Labute approximate surface area is 177 Å². The maximum absolute atomic E-state index is 13.1. The van der Waals surface area contributed by atoms with Gasteiger partial charge in [0.05, 0.1) is 29.6 Å². The molecule has 0 atom stereocenters. The van der Waals surface area contributed by atoms with Crippen LogP contribution in [0.25, 0.3) is 5.69 Å². The number of likely N-dealkylation sites (tertiary alicyclic amines) is 1. The summed E-state index contributed by atoms with van der Waals surface area (Å²) in [7, 11) is 1.61. The van der Waals surface area contributed by atoms with Crippen LogP contribution in [-0.2, 0) is 5.54 Å². The molecule has 5 heteroatoms. The molecule has 2 aromatic carbocycles. The number of methoxy groups -OCH3 is 1. The van der Waals surface area contributed by atoms with Crippen molar-refractivity contribution in [2.45, 2.75) is 32.2 Å². The third-order valence-electron chi connectivity index (χ3n) is 6.80. The molecular weight excluding hydrogens is 374 g/mol. The summed E-state index contributed by atoms with van der Waals surface area (Å²) < 4.78 is 7.74. The second-order valence-corrected chi connectivity index (χ2v) is 8.37. The van der Waals surface area contributed by atoms with Crippen molar-refractivity contribution in [3.63, 3.8) is 0 Å². The summed E-state index contributed by atoms with van der Waals surface area (Å²) in [5.41, 5.74) is 6.77. The van der Waals surface area contributed by atoms with Crippen LogP contribution in [-0.4, -0.2) is 35.6 Å². The topological polar surface area (TPSA) is 46.5 Å². The fourth-order valence-electron chi connectivity index (χ4n) is 4.96. The van der Waals surface area contributed by atoms with Gasteiger partial charge < -0.3 is 19.5 Å². The first-order valence-electron chi connectivity index (χ1n) is 10.5. The van der Waals surface area contributed by atoms with Crippen molar-refractivity contribution < 1.29 is 9.53 Å². The molecule has 3 aromatic rings. The standard InChI is InChI=1S/C25H27N3O2/c1-17-10-11-20-23(18(17)2)28-14-6-9-22(28)25(26-20)12-15-27(16-13-25)24(29)19-7-4-5-8-21(19)30-3/h4-11,14,26H,12-13,15-16H2,1-3H3. The average Bonchev–Trinajstić information content (AvgIpc) is 3.27. The van der Waals surface area contributed by atoms with Crippen LogP contribution in [0.3, 0.4) is 0 Å². The zero-order valence-corrected chi connectivity index (χ0v) is 17.7. The molecule has 5 nitrogen and oxygen atoms in total. The molecule has 1 saturated heterocycles. The number of benzene rings is 2. The number of rotatable bonds is 2. The van der Waals surface area contributed by atoms with Gasteiger partial charge in [-0.25, -0.2) is 0 Å². The minimum Gasteiger partial charge on any atom is -0.496 e. The number of carbonyl (C=O) groups excluding carboxylic acids is 1. The van der Waals surface area contributed by atoms with Crippen molar-refractivity contribution in [1.82, 2.24) is 9.47 Å². The van der Waals surface area contributed by atoms with E-state index in [2.05, 4.69) is 54.2 Å². The number of nitrogens with zero attached hydrogens (tertiary/aromatic N) is 2. The van der Waals surface area contributed by atoms with Gasteiger partial charge in [0.2, 0.25) is 0 Å². The highest BCUT2D eigenvalue weighted by Gasteiger charge is 2.43. The van der Waals surface area contributed by atoms with Gasteiger partial charge in [-0.3, -0.25) is 4.79 Å². The molecule has 1 spiro atoms. The van der Waals surface area contributed by atoms with Gasteiger partial charge in [0.15, 0.2) is 0 Å². The number of fused-ring (bicyclic) bond motifs is 4. The molecular formula is C25H27N3O2. The van der Waals surface area contributed by atoms with Crippen molar-refractivity contribution in [2.75, 3.05) is 25.5 Å². The first kappa shape index (κ1) is 18.8. The second-order valence-electron chi connectivity index (χ2n) is 8.37. The second kappa shape index (κ2) is 6.94. The molecule has 2 aliphatic heterocycles. The number of hydrogen-bond donors (Lipinski definition) is 1. The van der Waals surface area contributed by atoms with Gasteiger partial charge in [0, 0.05) is 25.0 Å². The van der Waals surface area contributed by atoms with Crippen LogP contribution in [0.15, 0.2) is 54.7 Å². The lowest BCUT2D eigenvalue weighted by molar-refractivity contribution is 0.0673. The number of nitrogens with one attached hydrogen (secondary N) is 1. The van der Waals surface area contributed by atoms with Gasteiger partial charge in [-0.1, -0.05) is 18.2 Å². The number of piperidine rings is 1. The highest BCUT2D eigenvalue weighted by molar-refractivity contribution is 5.97. The quantitative estimate of drug-likeness (QED) is 0.679. The van der Waals surface area contributed by atoms with E-state index < -0.39 is 0 Å². The van der Waals surface area contributed by atoms with Crippen LogP contribution in [0.1, 0.15) is 40.0 Å². The van der Waals surface area contributed by atoms with Crippen molar-refractivity contribution in [2.24, 2.45) is 0 Å². The van der Waals surface area contributed by atoms with Crippen LogP contribution in [0.4, 0.5) is 5.69 Å². The third kappa shape index (κ3) is 2.72. The van der Waals surface area contributed by atoms with Gasteiger partial charge in [-0.15, -0.1) is 0 Å². The highest BCUT2D eigenvalue weighted by atomic mass is 16.5. The van der Waals surface area contributed by atoms with Crippen LogP contribution in [0, 0.1) is 13.8 Å². The van der Waals surface area contributed by atoms with Gasteiger partial charge in [0.25, 0.3) is 5.91 Å². The van der Waals surface area contributed by atoms with Crippen LogP contribution in [0.2, 0.25) is 0 Å². The van der Waals surface area contributed by atoms with E-state index in [-0.39, 0.29) is 11.4 Å². The Bertz CT molecular complexity index is 1120. The minimum absolute atomic E-state index is 0.0420. The molecule has 1 aromatic heterocycles. The Morgan fingerprint density at radius 2 is 1.80 bits per heavy atom. The first-order valence-corrected chi connectivity index (χ1v) is 10.5. The summed E-state index contributed by atoms with van der Waals surface area (Å²) in [4.78, 5) is 15.1. The molecule has 154 valence electrons. The van der Waals surface area contributed by atoms with E-state index in [0.717, 1.165) is 12.8 Å². The predicted molar refractivity (Wildman–Crippen MR) is 119 cm³/mol. The molecule has 0 unspecified atom stereocenters. The zero-order valence-electron chi connectivity index (χ0n) is 17.7. The molecule has 0 bridgehead atoms.